The summed E-state index contributed by atoms with van der Waals surface area (Å²) in [6.45, 7) is 0. The standard InChI is InChI=1S/C15H13N5O4/c1-23-11-6-9(2-3-10(11)12-7-16-8-24-12)18-14(21)15(22)19-13-4-5-17-20-13/h2-8H,1H3,(H,18,21)(H2,17,19,20,22). The number of rotatable bonds is 4. The molecule has 0 unspecified atom stereocenters. The molecule has 0 fully saturated rings. The Hall–Kier alpha value is -3.62. The minimum Gasteiger partial charge on any atom is -0.496 e. The Labute approximate surface area is 136 Å². The normalized spacial score (nSPS) is 10.2. The molecule has 0 aliphatic heterocycles. The van der Waals surface area contributed by atoms with Crippen LogP contribution in [0.2, 0.25) is 0 Å². The molecule has 2 aromatic heterocycles. The van der Waals surface area contributed by atoms with Gasteiger partial charge in [-0.3, -0.25) is 14.7 Å². The highest BCUT2D eigenvalue weighted by Gasteiger charge is 2.16. The zero-order chi connectivity index (χ0) is 16.9. The van der Waals surface area contributed by atoms with Crippen molar-refractivity contribution in [3.8, 4) is 17.1 Å². The molecule has 2 amide bonds. The second-order valence-corrected chi connectivity index (χ2v) is 4.66. The maximum atomic E-state index is 11.9. The van der Waals surface area contributed by atoms with Crippen LogP contribution in [0.3, 0.4) is 0 Å². The molecule has 1 aromatic carbocycles. The number of nitrogens with zero attached hydrogens (tertiary/aromatic N) is 2. The van der Waals surface area contributed by atoms with E-state index in [0.717, 1.165) is 0 Å². The van der Waals surface area contributed by atoms with Crippen molar-refractivity contribution >= 4 is 23.3 Å². The number of carbonyl (C=O) groups is 2. The largest absolute Gasteiger partial charge is 0.496 e. The maximum Gasteiger partial charge on any atom is 0.315 e. The molecule has 0 bridgehead atoms. The third-order valence-corrected chi connectivity index (χ3v) is 3.11. The fourth-order valence-electron chi connectivity index (χ4n) is 2.01. The van der Waals surface area contributed by atoms with Crippen LogP contribution in [0, 0.1) is 0 Å². The minimum atomic E-state index is -0.822. The Morgan fingerprint density at radius 2 is 2.04 bits per heavy atom. The average molecular weight is 327 g/mol. The first-order valence-electron chi connectivity index (χ1n) is 6.86. The van der Waals surface area contributed by atoms with Gasteiger partial charge < -0.3 is 19.8 Å². The van der Waals surface area contributed by atoms with E-state index in [1.54, 1.807) is 24.4 Å². The third-order valence-electron chi connectivity index (χ3n) is 3.11. The topological polar surface area (TPSA) is 122 Å². The number of amides is 2. The number of nitrogens with one attached hydrogen (secondary N) is 3. The lowest BCUT2D eigenvalue weighted by molar-refractivity contribution is -0.133. The number of oxazole rings is 1. The summed E-state index contributed by atoms with van der Waals surface area (Å²) >= 11 is 0. The first-order valence-corrected chi connectivity index (χ1v) is 6.86. The van der Waals surface area contributed by atoms with Gasteiger partial charge in [0.05, 0.1) is 25.1 Å². The fraction of sp³-hybridized carbons (Fsp3) is 0.0667. The molecule has 0 saturated heterocycles. The summed E-state index contributed by atoms with van der Waals surface area (Å²) in [6, 6.07) is 6.43. The van der Waals surface area contributed by atoms with Gasteiger partial charge in [0.25, 0.3) is 0 Å². The molecule has 3 aromatic rings. The number of H-pyrrole nitrogens is 1. The average Bonchev–Trinajstić information content (AvgIpc) is 3.28. The Kier molecular flexibility index (Phi) is 4.23. The van der Waals surface area contributed by atoms with Crippen molar-refractivity contribution in [1.29, 1.82) is 0 Å². The molecule has 122 valence electrons. The molecule has 9 heteroatoms. The molecule has 3 rings (SSSR count). The van der Waals surface area contributed by atoms with E-state index in [-0.39, 0.29) is 0 Å². The van der Waals surface area contributed by atoms with Crippen molar-refractivity contribution in [2.45, 2.75) is 0 Å². The summed E-state index contributed by atoms with van der Waals surface area (Å²) in [5.41, 5.74) is 1.08. The van der Waals surface area contributed by atoms with E-state index in [2.05, 4.69) is 25.8 Å². The van der Waals surface area contributed by atoms with Gasteiger partial charge in [-0.1, -0.05) is 0 Å². The molecule has 0 radical (unpaired) electrons. The fourth-order valence-corrected chi connectivity index (χ4v) is 2.01. The molecule has 9 nitrogen and oxygen atoms in total. The zero-order valence-electron chi connectivity index (χ0n) is 12.6. The van der Waals surface area contributed by atoms with Crippen LogP contribution in [0.15, 0.2) is 47.5 Å². The van der Waals surface area contributed by atoms with E-state index in [1.807, 2.05) is 0 Å². The van der Waals surface area contributed by atoms with E-state index in [4.69, 9.17) is 9.15 Å². The van der Waals surface area contributed by atoms with Crippen LogP contribution in [0.1, 0.15) is 0 Å². The summed E-state index contributed by atoms with van der Waals surface area (Å²) in [5, 5.41) is 11.1. The van der Waals surface area contributed by atoms with Crippen molar-refractivity contribution < 1.29 is 18.7 Å². The number of benzene rings is 1. The molecule has 2 heterocycles. The van der Waals surface area contributed by atoms with Gasteiger partial charge in [-0.05, 0) is 12.1 Å². The SMILES string of the molecule is COc1cc(NC(=O)C(=O)Nc2ccn[nH]2)ccc1-c1cnco1. The highest BCUT2D eigenvalue weighted by Crippen LogP contribution is 2.32. The highest BCUT2D eigenvalue weighted by atomic mass is 16.5. The molecule has 24 heavy (non-hydrogen) atoms. The molecule has 3 N–H and O–H groups in total. The van der Waals surface area contributed by atoms with Gasteiger partial charge >= 0.3 is 11.8 Å². The number of hydrogen-bond acceptors (Lipinski definition) is 6. The van der Waals surface area contributed by atoms with Crippen LogP contribution in [0.4, 0.5) is 11.5 Å². The molecular formula is C15H13N5O4. The van der Waals surface area contributed by atoms with Crippen LogP contribution in [0.5, 0.6) is 5.75 Å². The predicted octanol–water partition coefficient (Wildman–Crippen LogP) is 1.65. The van der Waals surface area contributed by atoms with E-state index >= 15 is 0 Å². The second kappa shape index (κ2) is 6.65. The lowest BCUT2D eigenvalue weighted by Crippen LogP contribution is -2.29. The van der Waals surface area contributed by atoms with Crippen LogP contribution in [0.25, 0.3) is 11.3 Å². The molecular weight excluding hydrogens is 314 g/mol. The minimum absolute atomic E-state index is 0.327. The number of anilines is 2. The maximum absolute atomic E-state index is 11.9. The Morgan fingerprint density at radius 1 is 1.21 bits per heavy atom. The first kappa shape index (κ1) is 15.3. The lowest BCUT2D eigenvalue weighted by Gasteiger charge is -2.10. The van der Waals surface area contributed by atoms with Crippen LogP contribution in [-0.2, 0) is 9.59 Å². The van der Waals surface area contributed by atoms with Gasteiger partial charge in [0, 0.05) is 17.8 Å². The molecule has 0 spiro atoms. The summed E-state index contributed by atoms with van der Waals surface area (Å²) in [5.74, 6) is -0.315. The van der Waals surface area contributed by atoms with Gasteiger partial charge in [-0.2, -0.15) is 5.10 Å². The predicted molar refractivity (Wildman–Crippen MR) is 84.3 cm³/mol. The Bertz CT molecular complexity index is 843. The van der Waals surface area contributed by atoms with E-state index in [0.29, 0.717) is 28.6 Å². The summed E-state index contributed by atoms with van der Waals surface area (Å²) in [6.07, 6.45) is 4.32. The molecule has 0 saturated carbocycles. The van der Waals surface area contributed by atoms with E-state index in [1.165, 1.54) is 25.8 Å². The first-order chi connectivity index (χ1) is 11.7. The van der Waals surface area contributed by atoms with E-state index < -0.39 is 11.8 Å². The smallest absolute Gasteiger partial charge is 0.315 e. The highest BCUT2D eigenvalue weighted by molar-refractivity contribution is 6.43. The number of methoxy groups -OCH3 is 1. The second-order valence-electron chi connectivity index (χ2n) is 4.66. The number of carbonyl (C=O) groups excluding carboxylic acids is 2. The van der Waals surface area contributed by atoms with Crippen LogP contribution in [-0.4, -0.2) is 34.1 Å². The molecule has 0 aliphatic carbocycles. The van der Waals surface area contributed by atoms with Crippen molar-refractivity contribution in [2.75, 3.05) is 17.7 Å². The van der Waals surface area contributed by atoms with Gasteiger partial charge in [-0.25, -0.2) is 4.98 Å². The number of hydrogen-bond donors (Lipinski definition) is 3. The summed E-state index contributed by atoms with van der Waals surface area (Å²) < 4.78 is 10.5. The zero-order valence-corrected chi connectivity index (χ0v) is 12.6. The number of aromatic nitrogens is 3. The monoisotopic (exact) mass is 327 g/mol. The van der Waals surface area contributed by atoms with Crippen molar-refractivity contribution in [3.63, 3.8) is 0 Å². The Morgan fingerprint density at radius 3 is 2.71 bits per heavy atom. The van der Waals surface area contributed by atoms with Gasteiger partial charge in [-0.15, -0.1) is 0 Å². The molecule has 0 atom stereocenters. The van der Waals surface area contributed by atoms with Crippen molar-refractivity contribution in [2.24, 2.45) is 0 Å². The number of aromatic amines is 1. The summed E-state index contributed by atoms with van der Waals surface area (Å²) in [7, 11) is 1.49. The van der Waals surface area contributed by atoms with Crippen LogP contribution >= 0.6 is 0 Å². The van der Waals surface area contributed by atoms with Gasteiger partial charge in [0.15, 0.2) is 12.2 Å². The van der Waals surface area contributed by atoms with Crippen molar-refractivity contribution in [3.05, 3.63) is 43.1 Å². The van der Waals surface area contributed by atoms with E-state index in [9.17, 15) is 9.59 Å². The molecule has 0 aliphatic rings. The van der Waals surface area contributed by atoms with Gasteiger partial charge in [0.1, 0.15) is 11.6 Å². The van der Waals surface area contributed by atoms with Crippen molar-refractivity contribution in [1.82, 2.24) is 15.2 Å². The summed E-state index contributed by atoms with van der Waals surface area (Å²) in [4.78, 5) is 27.6. The Balaban J connectivity index is 1.73. The third kappa shape index (κ3) is 3.24. The number of ether oxygens (including phenoxy) is 1. The van der Waals surface area contributed by atoms with Crippen LogP contribution < -0.4 is 15.4 Å². The lowest BCUT2D eigenvalue weighted by atomic mass is 10.1. The quantitative estimate of drug-likeness (QED) is 0.626. The van der Waals surface area contributed by atoms with Gasteiger partial charge in [0.2, 0.25) is 0 Å².